The van der Waals surface area contributed by atoms with E-state index in [0.29, 0.717) is 0 Å². The summed E-state index contributed by atoms with van der Waals surface area (Å²) in [7, 11) is 0. The van der Waals surface area contributed by atoms with Gasteiger partial charge in [0.05, 0.1) is 5.39 Å². The molecule has 2 aromatic carbocycles. The standard InChI is InChI=1S/C20H16BrN3S2/c1-12-17(13-6-8-14(21)9-7-13)18-19(22-11-23-20(18)26-12)24-15-4-3-5-16(10-15)25-2/h3-11H,1-2H3,(H,22,23,24). The smallest absolute Gasteiger partial charge is 0.143 e. The number of aromatic nitrogens is 2. The van der Waals surface area contributed by atoms with Crippen LogP contribution in [-0.4, -0.2) is 16.2 Å². The first-order valence-electron chi connectivity index (χ1n) is 8.07. The van der Waals surface area contributed by atoms with Gasteiger partial charge in [-0.25, -0.2) is 9.97 Å². The SMILES string of the molecule is CSc1cccc(Nc2ncnc3sc(C)c(-c4ccc(Br)cc4)c23)c1. The first-order valence-corrected chi connectivity index (χ1v) is 10.9. The van der Waals surface area contributed by atoms with Crippen LogP contribution in [0.2, 0.25) is 0 Å². The lowest BCUT2D eigenvalue weighted by Crippen LogP contribution is -1.95. The monoisotopic (exact) mass is 441 g/mol. The Balaban J connectivity index is 1.86. The van der Waals surface area contributed by atoms with Crippen LogP contribution in [0.3, 0.4) is 0 Å². The van der Waals surface area contributed by atoms with Gasteiger partial charge in [0.2, 0.25) is 0 Å². The van der Waals surface area contributed by atoms with Crippen molar-refractivity contribution in [3.63, 3.8) is 0 Å². The fourth-order valence-electron chi connectivity index (χ4n) is 2.94. The number of nitrogens with zero attached hydrogens (tertiary/aromatic N) is 2. The normalized spacial score (nSPS) is 11.0. The summed E-state index contributed by atoms with van der Waals surface area (Å²) in [6.45, 7) is 2.14. The number of hydrogen-bond donors (Lipinski definition) is 1. The first-order chi connectivity index (χ1) is 12.7. The van der Waals surface area contributed by atoms with Crippen molar-refractivity contribution in [3.8, 4) is 11.1 Å². The fourth-order valence-corrected chi connectivity index (χ4v) is 4.68. The molecule has 0 aliphatic carbocycles. The predicted octanol–water partition coefficient (Wildman–Crippen LogP) is 6.89. The number of hydrogen-bond acceptors (Lipinski definition) is 5. The summed E-state index contributed by atoms with van der Waals surface area (Å²) in [4.78, 5) is 12.5. The third kappa shape index (κ3) is 3.37. The molecule has 0 fully saturated rings. The molecule has 0 atom stereocenters. The maximum absolute atomic E-state index is 4.54. The largest absolute Gasteiger partial charge is 0.340 e. The molecule has 2 heterocycles. The molecule has 1 N–H and O–H groups in total. The second-order valence-electron chi connectivity index (χ2n) is 5.80. The quantitative estimate of drug-likeness (QED) is 0.349. The zero-order valence-electron chi connectivity index (χ0n) is 14.3. The topological polar surface area (TPSA) is 37.8 Å². The minimum Gasteiger partial charge on any atom is -0.340 e. The van der Waals surface area contributed by atoms with Crippen LogP contribution < -0.4 is 5.32 Å². The van der Waals surface area contributed by atoms with Gasteiger partial charge in [-0.1, -0.05) is 34.1 Å². The summed E-state index contributed by atoms with van der Waals surface area (Å²) in [6, 6.07) is 16.7. The predicted molar refractivity (Wildman–Crippen MR) is 117 cm³/mol. The molecule has 0 saturated carbocycles. The van der Waals surface area contributed by atoms with Crippen molar-refractivity contribution in [1.29, 1.82) is 0 Å². The molecule has 0 unspecified atom stereocenters. The van der Waals surface area contributed by atoms with E-state index in [-0.39, 0.29) is 0 Å². The number of thioether (sulfide) groups is 1. The van der Waals surface area contributed by atoms with Crippen molar-refractivity contribution >= 4 is 60.8 Å². The van der Waals surface area contributed by atoms with Crippen molar-refractivity contribution in [3.05, 3.63) is 64.2 Å². The minimum absolute atomic E-state index is 0.843. The second-order valence-corrected chi connectivity index (χ2v) is 8.80. The number of benzene rings is 2. The number of anilines is 2. The second kappa shape index (κ2) is 7.39. The minimum atomic E-state index is 0.843. The maximum atomic E-state index is 4.54. The van der Waals surface area contributed by atoms with Gasteiger partial charge in [-0.2, -0.15) is 0 Å². The number of nitrogens with one attached hydrogen (secondary N) is 1. The van der Waals surface area contributed by atoms with Crippen LogP contribution in [0.5, 0.6) is 0 Å². The molecule has 2 aromatic heterocycles. The molecule has 130 valence electrons. The lowest BCUT2D eigenvalue weighted by molar-refractivity contribution is 1.23. The van der Waals surface area contributed by atoms with E-state index in [9.17, 15) is 0 Å². The van der Waals surface area contributed by atoms with E-state index in [1.54, 1.807) is 29.4 Å². The lowest BCUT2D eigenvalue weighted by atomic mass is 10.0. The van der Waals surface area contributed by atoms with Crippen LogP contribution in [0.4, 0.5) is 11.5 Å². The van der Waals surface area contributed by atoms with E-state index in [4.69, 9.17) is 0 Å². The van der Waals surface area contributed by atoms with Gasteiger partial charge in [0.25, 0.3) is 0 Å². The third-order valence-electron chi connectivity index (χ3n) is 4.13. The Kier molecular flexibility index (Phi) is 4.98. The number of thiophene rings is 1. The molecule has 26 heavy (non-hydrogen) atoms. The Bertz CT molecular complexity index is 1070. The summed E-state index contributed by atoms with van der Waals surface area (Å²) in [5.74, 6) is 0.843. The van der Waals surface area contributed by atoms with Crippen molar-refractivity contribution in [2.75, 3.05) is 11.6 Å². The van der Waals surface area contributed by atoms with Gasteiger partial charge in [-0.05, 0) is 49.1 Å². The van der Waals surface area contributed by atoms with E-state index in [0.717, 1.165) is 26.2 Å². The van der Waals surface area contributed by atoms with Crippen molar-refractivity contribution < 1.29 is 0 Å². The lowest BCUT2D eigenvalue weighted by Gasteiger charge is -2.10. The van der Waals surface area contributed by atoms with Gasteiger partial charge >= 0.3 is 0 Å². The summed E-state index contributed by atoms with van der Waals surface area (Å²) in [5.41, 5.74) is 3.40. The molecule has 0 amide bonds. The summed E-state index contributed by atoms with van der Waals surface area (Å²) in [5, 5.41) is 4.57. The van der Waals surface area contributed by atoms with Crippen molar-refractivity contribution in [2.45, 2.75) is 11.8 Å². The molecule has 0 bridgehead atoms. The van der Waals surface area contributed by atoms with Crippen LogP contribution in [0, 0.1) is 6.92 Å². The van der Waals surface area contributed by atoms with Crippen LogP contribution >= 0.6 is 39.0 Å². The molecular weight excluding hydrogens is 426 g/mol. The average molecular weight is 442 g/mol. The molecular formula is C20H16BrN3S2. The highest BCUT2D eigenvalue weighted by atomic mass is 79.9. The first kappa shape index (κ1) is 17.5. The van der Waals surface area contributed by atoms with Gasteiger partial charge in [0, 0.05) is 25.5 Å². The zero-order chi connectivity index (χ0) is 18.1. The van der Waals surface area contributed by atoms with Crippen molar-refractivity contribution in [1.82, 2.24) is 9.97 Å². The van der Waals surface area contributed by atoms with E-state index in [1.165, 1.54) is 20.9 Å². The molecule has 4 rings (SSSR count). The average Bonchev–Trinajstić information content (AvgIpc) is 2.99. The van der Waals surface area contributed by atoms with Crippen LogP contribution in [0.15, 0.2) is 64.2 Å². The fraction of sp³-hybridized carbons (Fsp3) is 0.100. The zero-order valence-corrected chi connectivity index (χ0v) is 17.5. The van der Waals surface area contributed by atoms with Gasteiger partial charge in [-0.3, -0.25) is 0 Å². The number of fused-ring (bicyclic) bond motifs is 1. The summed E-state index contributed by atoms with van der Waals surface area (Å²) in [6.07, 6.45) is 3.71. The molecule has 6 heteroatoms. The number of halogens is 1. The summed E-state index contributed by atoms with van der Waals surface area (Å²) < 4.78 is 1.07. The van der Waals surface area contributed by atoms with Gasteiger partial charge in [0.15, 0.2) is 0 Å². The molecule has 0 saturated heterocycles. The Morgan fingerprint density at radius 3 is 2.65 bits per heavy atom. The molecule has 0 spiro atoms. The Morgan fingerprint density at radius 1 is 1.08 bits per heavy atom. The highest BCUT2D eigenvalue weighted by molar-refractivity contribution is 9.10. The maximum Gasteiger partial charge on any atom is 0.143 e. The van der Waals surface area contributed by atoms with Crippen LogP contribution in [0.1, 0.15) is 4.88 Å². The van der Waals surface area contributed by atoms with E-state index in [2.05, 4.69) is 92.9 Å². The van der Waals surface area contributed by atoms with Crippen LogP contribution in [0.25, 0.3) is 21.3 Å². The molecule has 0 aliphatic heterocycles. The Morgan fingerprint density at radius 2 is 1.88 bits per heavy atom. The van der Waals surface area contributed by atoms with E-state index in [1.807, 2.05) is 0 Å². The highest BCUT2D eigenvalue weighted by Crippen LogP contribution is 2.41. The number of rotatable bonds is 4. The third-order valence-corrected chi connectivity index (χ3v) is 6.40. The van der Waals surface area contributed by atoms with Gasteiger partial charge in [-0.15, -0.1) is 23.1 Å². The van der Waals surface area contributed by atoms with E-state index < -0.39 is 0 Å². The van der Waals surface area contributed by atoms with Crippen molar-refractivity contribution in [2.24, 2.45) is 0 Å². The van der Waals surface area contributed by atoms with E-state index >= 15 is 0 Å². The molecule has 0 radical (unpaired) electrons. The van der Waals surface area contributed by atoms with Gasteiger partial charge < -0.3 is 5.32 Å². The molecule has 3 nitrogen and oxygen atoms in total. The van der Waals surface area contributed by atoms with Gasteiger partial charge in [0.1, 0.15) is 17.0 Å². The Labute approximate surface area is 169 Å². The highest BCUT2D eigenvalue weighted by Gasteiger charge is 2.17. The molecule has 0 aliphatic rings. The Hall–Kier alpha value is -1.89. The molecule has 4 aromatic rings. The summed E-state index contributed by atoms with van der Waals surface area (Å²) >= 11 is 6.94. The number of aryl methyl sites for hydroxylation is 1. The van der Waals surface area contributed by atoms with Crippen LogP contribution in [-0.2, 0) is 0 Å².